The van der Waals surface area contributed by atoms with Crippen molar-refractivity contribution in [3.05, 3.63) is 23.8 Å². The van der Waals surface area contributed by atoms with E-state index >= 15 is 0 Å². The highest BCUT2D eigenvalue weighted by molar-refractivity contribution is 5.17. The summed E-state index contributed by atoms with van der Waals surface area (Å²) in [5, 5.41) is 0. The van der Waals surface area contributed by atoms with Gasteiger partial charge in [0, 0.05) is 0 Å². The van der Waals surface area contributed by atoms with Crippen LogP contribution in [0.1, 0.15) is 27.2 Å². The molecule has 0 aromatic carbocycles. The zero-order valence-corrected chi connectivity index (χ0v) is 7.15. The fraction of sp³-hybridized carbons (Fsp3) is 0.600. The molecule has 1 saturated carbocycles. The number of hydrogen-bond acceptors (Lipinski definition) is 0. The van der Waals surface area contributed by atoms with Crippen LogP contribution in [0.2, 0.25) is 0 Å². The number of allylic oxidation sites excluding steroid dienone is 3. The van der Waals surface area contributed by atoms with Crippen LogP contribution in [0.25, 0.3) is 0 Å². The first kappa shape index (κ1) is 7.59. The van der Waals surface area contributed by atoms with Gasteiger partial charge in [-0.2, -0.15) is 0 Å². The normalized spacial score (nSPS) is 29.5. The average Bonchev–Trinajstić information content (AvgIpc) is 2.43. The third-order valence-electron chi connectivity index (χ3n) is 2.02. The Morgan fingerprint density at radius 1 is 1.40 bits per heavy atom. The van der Waals surface area contributed by atoms with Crippen LogP contribution in [0.3, 0.4) is 0 Å². The lowest BCUT2D eigenvalue weighted by Crippen LogP contribution is -1.79. The van der Waals surface area contributed by atoms with Crippen LogP contribution in [0.4, 0.5) is 0 Å². The van der Waals surface area contributed by atoms with E-state index < -0.39 is 0 Å². The van der Waals surface area contributed by atoms with Gasteiger partial charge in [-0.05, 0) is 39.0 Å². The average molecular weight is 136 g/mol. The molecule has 0 bridgehead atoms. The topological polar surface area (TPSA) is 0 Å². The molecule has 0 heteroatoms. The Morgan fingerprint density at radius 3 is 2.30 bits per heavy atom. The van der Waals surface area contributed by atoms with Crippen molar-refractivity contribution < 1.29 is 0 Å². The maximum Gasteiger partial charge on any atom is -0.0140 e. The van der Waals surface area contributed by atoms with Gasteiger partial charge in [0.25, 0.3) is 0 Å². The number of rotatable bonds is 2. The molecule has 2 unspecified atom stereocenters. The summed E-state index contributed by atoms with van der Waals surface area (Å²) >= 11 is 0. The van der Waals surface area contributed by atoms with Crippen molar-refractivity contribution in [1.82, 2.24) is 0 Å². The molecular formula is C10H16. The van der Waals surface area contributed by atoms with Crippen molar-refractivity contribution in [3.63, 3.8) is 0 Å². The molecule has 0 radical (unpaired) electrons. The molecule has 0 N–H and O–H groups in total. The maximum atomic E-state index is 3.95. The van der Waals surface area contributed by atoms with Gasteiger partial charge in [0.05, 0.1) is 0 Å². The Balaban J connectivity index is 2.40. The molecule has 0 spiro atoms. The Kier molecular flexibility index (Phi) is 1.98. The van der Waals surface area contributed by atoms with Crippen LogP contribution in [0.15, 0.2) is 23.8 Å². The standard InChI is InChI=1S/C10H16/c1-7(2)5-9-6-10(9)8(3)4/h5,9-10H,3,6H2,1-2,4H3. The van der Waals surface area contributed by atoms with E-state index in [1.807, 2.05) is 0 Å². The molecule has 1 fully saturated rings. The van der Waals surface area contributed by atoms with Crippen LogP contribution in [-0.2, 0) is 0 Å². The number of hydrogen-bond donors (Lipinski definition) is 0. The molecule has 1 aliphatic rings. The molecule has 2 atom stereocenters. The summed E-state index contributed by atoms with van der Waals surface area (Å²) in [6.07, 6.45) is 3.69. The molecule has 0 aromatic rings. The Morgan fingerprint density at radius 2 is 2.00 bits per heavy atom. The second-order valence-electron chi connectivity index (χ2n) is 3.60. The van der Waals surface area contributed by atoms with Crippen molar-refractivity contribution in [3.8, 4) is 0 Å². The third kappa shape index (κ3) is 1.73. The van der Waals surface area contributed by atoms with Gasteiger partial charge in [-0.1, -0.05) is 23.8 Å². The van der Waals surface area contributed by atoms with Gasteiger partial charge in [-0.25, -0.2) is 0 Å². The van der Waals surface area contributed by atoms with Crippen LogP contribution in [0.5, 0.6) is 0 Å². The van der Waals surface area contributed by atoms with Crippen molar-refractivity contribution in [2.45, 2.75) is 27.2 Å². The highest BCUT2D eigenvalue weighted by Crippen LogP contribution is 2.44. The highest BCUT2D eigenvalue weighted by atomic mass is 14.4. The molecular weight excluding hydrogens is 120 g/mol. The summed E-state index contributed by atoms with van der Waals surface area (Å²) in [5.41, 5.74) is 2.79. The van der Waals surface area contributed by atoms with E-state index in [1.165, 1.54) is 17.6 Å². The lowest BCUT2D eigenvalue weighted by atomic mass is 10.1. The van der Waals surface area contributed by atoms with E-state index in [-0.39, 0.29) is 0 Å². The molecule has 0 aliphatic heterocycles. The predicted molar refractivity (Wildman–Crippen MR) is 45.8 cm³/mol. The predicted octanol–water partition coefficient (Wildman–Crippen LogP) is 3.16. The summed E-state index contributed by atoms with van der Waals surface area (Å²) in [6.45, 7) is 10.4. The van der Waals surface area contributed by atoms with E-state index in [4.69, 9.17) is 0 Å². The van der Waals surface area contributed by atoms with Gasteiger partial charge in [0.1, 0.15) is 0 Å². The van der Waals surface area contributed by atoms with E-state index in [0.29, 0.717) is 0 Å². The molecule has 0 saturated heterocycles. The lowest BCUT2D eigenvalue weighted by molar-refractivity contribution is 0.921. The largest absolute Gasteiger partial charge is 0.0998 e. The second-order valence-corrected chi connectivity index (χ2v) is 3.60. The van der Waals surface area contributed by atoms with Crippen LogP contribution in [0, 0.1) is 11.8 Å². The molecule has 0 nitrogen and oxygen atoms in total. The minimum absolute atomic E-state index is 0.801. The zero-order valence-electron chi connectivity index (χ0n) is 7.15. The van der Waals surface area contributed by atoms with Crippen molar-refractivity contribution in [2.75, 3.05) is 0 Å². The smallest absolute Gasteiger partial charge is 0.0140 e. The summed E-state index contributed by atoms with van der Waals surface area (Å²) in [7, 11) is 0. The van der Waals surface area contributed by atoms with Crippen LogP contribution in [-0.4, -0.2) is 0 Å². The summed E-state index contributed by atoms with van der Waals surface area (Å²) in [6, 6.07) is 0. The van der Waals surface area contributed by atoms with Gasteiger partial charge in [-0.15, -0.1) is 0 Å². The quantitative estimate of drug-likeness (QED) is 0.511. The first-order chi connectivity index (χ1) is 4.61. The minimum atomic E-state index is 0.801. The Bertz CT molecular complexity index is 170. The Labute approximate surface area is 63.6 Å². The molecule has 1 aliphatic carbocycles. The van der Waals surface area contributed by atoms with Gasteiger partial charge in [0.15, 0.2) is 0 Å². The minimum Gasteiger partial charge on any atom is -0.0998 e. The van der Waals surface area contributed by atoms with E-state index in [9.17, 15) is 0 Å². The third-order valence-corrected chi connectivity index (χ3v) is 2.02. The first-order valence-electron chi connectivity index (χ1n) is 3.91. The van der Waals surface area contributed by atoms with Crippen LogP contribution >= 0.6 is 0 Å². The van der Waals surface area contributed by atoms with Gasteiger partial charge in [-0.3, -0.25) is 0 Å². The maximum absolute atomic E-state index is 3.95. The highest BCUT2D eigenvalue weighted by Gasteiger charge is 2.34. The second kappa shape index (κ2) is 2.61. The van der Waals surface area contributed by atoms with Gasteiger partial charge in [0.2, 0.25) is 0 Å². The van der Waals surface area contributed by atoms with Crippen molar-refractivity contribution in [1.29, 1.82) is 0 Å². The first-order valence-corrected chi connectivity index (χ1v) is 3.91. The summed E-state index contributed by atoms with van der Waals surface area (Å²) < 4.78 is 0. The van der Waals surface area contributed by atoms with Gasteiger partial charge >= 0.3 is 0 Å². The summed E-state index contributed by atoms with van der Waals surface area (Å²) in [4.78, 5) is 0. The molecule has 0 amide bonds. The molecule has 56 valence electrons. The molecule has 0 heterocycles. The van der Waals surface area contributed by atoms with E-state index in [0.717, 1.165) is 11.8 Å². The summed E-state index contributed by atoms with van der Waals surface area (Å²) in [5.74, 6) is 1.62. The molecule has 1 rings (SSSR count). The lowest BCUT2D eigenvalue weighted by Gasteiger charge is -1.92. The fourth-order valence-corrected chi connectivity index (χ4v) is 1.39. The zero-order chi connectivity index (χ0) is 7.72. The van der Waals surface area contributed by atoms with Crippen LogP contribution < -0.4 is 0 Å². The van der Waals surface area contributed by atoms with Gasteiger partial charge < -0.3 is 0 Å². The van der Waals surface area contributed by atoms with E-state index in [2.05, 4.69) is 33.4 Å². The molecule has 10 heavy (non-hydrogen) atoms. The van der Waals surface area contributed by atoms with E-state index in [1.54, 1.807) is 0 Å². The van der Waals surface area contributed by atoms with Crippen molar-refractivity contribution >= 4 is 0 Å². The monoisotopic (exact) mass is 136 g/mol. The fourth-order valence-electron chi connectivity index (χ4n) is 1.39. The van der Waals surface area contributed by atoms with Crippen molar-refractivity contribution in [2.24, 2.45) is 11.8 Å². The molecule has 0 aromatic heterocycles. The SMILES string of the molecule is C=C(C)C1CC1C=C(C)C. The Hall–Kier alpha value is -0.520.